The number of unbranched alkanes of at least 4 members (excludes halogenated alkanes) is 1. The van der Waals surface area contributed by atoms with Gasteiger partial charge in [0.25, 0.3) is 14.1 Å². The summed E-state index contributed by atoms with van der Waals surface area (Å²) >= 11 is -0.274. The Morgan fingerprint density at radius 1 is 1.00 bits per heavy atom. The molecule has 0 rings (SSSR count). The third-order valence-corrected chi connectivity index (χ3v) is 6.16. The van der Waals surface area contributed by atoms with Crippen molar-refractivity contribution >= 4 is 14.1 Å². The molecule has 0 amide bonds. The zero-order valence-corrected chi connectivity index (χ0v) is 10.4. The zero-order chi connectivity index (χ0) is 9.40. The second-order valence-corrected chi connectivity index (χ2v) is 7.92. The van der Waals surface area contributed by atoms with Crippen molar-refractivity contribution in [3.63, 3.8) is 0 Å². The Kier molecular flexibility index (Phi) is 8.44. The van der Waals surface area contributed by atoms with Crippen LogP contribution in [0.25, 0.3) is 0 Å². The molecule has 0 aromatic heterocycles. The van der Waals surface area contributed by atoms with Crippen LogP contribution in [0.1, 0.15) is 26.7 Å². The van der Waals surface area contributed by atoms with Crippen LogP contribution in [0.2, 0.25) is 15.8 Å². The molecule has 0 aliphatic rings. The maximum absolute atomic E-state index is 2.37. The third-order valence-electron chi connectivity index (χ3n) is 2.62. The normalized spacial score (nSPS) is 10.8. The van der Waals surface area contributed by atoms with Gasteiger partial charge in [0.05, 0.1) is 0 Å². The Morgan fingerprint density at radius 2 is 1.58 bits per heavy atom. The lowest BCUT2D eigenvalue weighted by molar-refractivity contribution is 0.398. The minimum absolute atomic E-state index is 0.274. The van der Waals surface area contributed by atoms with Gasteiger partial charge in [-0.2, -0.15) is 0 Å². The first-order valence-corrected chi connectivity index (χ1v) is 7.80. The van der Waals surface area contributed by atoms with Gasteiger partial charge in [0.2, 0.25) is 0 Å². The molecule has 0 aromatic carbocycles. The number of rotatable bonds is 7. The molecule has 0 unspecified atom stereocenters. The Morgan fingerprint density at radius 3 is 2.00 bits per heavy atom. The van der Waals surface area contributed by atoms with Crippen molar-refractivity contribution in [3.8, 4) is 0 Å². The predicted octanol–water partition coefficient (Wildman–Crippen LogP) is 2.86. The Balaban J connectivity index is 3.17. The molecule has 0 fully saturated rings. The Bertz CT molecular complexity index is 89.8. The van der Waals surface area contributed by atoms with Gasteiger partial charge in [-0.1, -0.05) is 36.1 Å². The molecule has 0 bridgehead atoms. The molecule has 0 atom stereocenters. The average Bonchev–Trinajstić information content (AvgIpc) is 2.04. The van der Waals surface area contributed by atoms with Gasteiger partial charge < -0.3 is 4.90 Å². The van der Waals surface area contributed by atoms with E-state index in [2.05, 4.69) is 32.8 Å². The van der Waals surface area contributed by atoms with Crippen molar-refractivity contribution in [1.29, 1.82) is 0 Å². The van der Waals surface area contributed by atoms with Gasteiger partial charge in [0.1, 0.15) is 0 Å². The van der Waals surface area contributed by atoms with Crippen molar-refractivity contribution in [2.24, 2.45) is 0 Å². The maximum atomic E-state index is 2.37. The smallest absolute Gasteiger partial charge is 0.261 e. The van der Waals surface area contributed by atoms with Crippen LogP contribution in [0.4, 0.5) is 0 Å². The first kappa shape index (κ1) is 12.5. The molecule has 0 spiro atoms. The highest BCUT2D eigenvalue weighted by molar-refractivity contribution is 6.58. The molecule has 0 N–H and O–H groups in total. The van der Waals surface area contributed by atoms with Gasteiger partial charge in [-0.25, -0.2) is 0 Å². The van der Waals surface area contributed by atoms with Crippen molar-refractivity contribution in [3.05, 3.63) is 0 Å². The molecule has 1 nitrogen and oxygen atoms in total. The van der Waals surface area contributed by atoms with Crippen molar-refractivity contribution in [2.75, 3.05) is 20.6 Å². The van der Waals surface area contributed by atoms with E-state index in [4.69, 9.17) is 0 Å². The van der Waals surface area contributed by atoms with Crippen LogP contribution < -0.4 is 0 Å². The fourth-order valence-electron chi connectivity index (χ4n) is 1.56. The summed E-state index contributed by atoms with van der Waals surface area (Å²) in [7, 11) is 4.32. The van der Waals surface area contributed by atoms with Gasteiger partial charge in [-0.15, -0.1) is 0 Å². The van der Waals surface area contributed by atoms with Gasteiger partial charge >= 0.3 is 0 Å². The van der Waals surface area contributed by atoms with E-state index in [0.29, 0.717) is 0 Å². The number of hydrogen-bond donors (Lipinski definition) is 0. The Labute approximate surface area is 82.5 Å². The molecule has 2 heteroatoms. The predicted molar refractivity (Wildman–Crippen MR) is 59.3 cm³/mol. The van der Waals surface area contributed by atoms with Crippen LogP contribution in [-0.2, 0) is 0 Å². The summed E-state index contributed by atoms with van der Waals surface area (Å²) in [5, 5.41) is 4.57. The van der Waals surface area contributed by atoms with E-state index in [-0.39, 0.29) is 14.1 Å². The van der Waals surface area contributed by atoms with Gasteiger partial charge in [0, 0.05) is 0 Å². The van der Waals surface area contributed by atoms with Gasteiger partial charge in [-0.3, -0.25) is 0 Å². The van der Waals surface area contributed by atoms with E-state index in [1.54, 1.807) is 5.28 Å². The summed E-state index contributed by atoms with van der Waals surface area (Å²) < 4.78 is 0. The lowest BCUT2D eigenvalue weighted by Gasteiger charge is -2.10. The van der Waals surface area contributed by atoms with Crippen LogP contribution in [0.3, 0.4) is 0 Å². The molecule has 0 saturated carbocycles. The fraction of sp³-hybridized carbons (Fsp3) is 1.00. The Hall–Kier alpha value is 0.492. The van der Waals surface area contributed by atoms with E-state index in [1.165, 1.54) is 30.0 Å². The molecule has 0 heterocycles. The topological polar surface area (TPSA) is 3.24 Å². The van der Waals surface area contributed by atoms with Crippen LogP contribution in [0, 0.1) is 0 Å². The zero-order valence-electron chi connectivity index (χ0n) is 9.27. The minimum atomic E-state index is -0.274. The monoisotopic (exact) mass is 185 g/mol. The lowest BCUT2D eigenvalue weighted by Crippen LogP contribution is -2.14. The molecule has 0 saturated heterocycles. The highest BCUT2D eigenvalue weighted by atomic mass is 27.2. The van der Waals surface area contributed by atoms with E-state index in [0.717, 1.165) is 0 Å². The molecule has 0 aliphatic carbocycles. The van der Waals surface area contributed by atoms with Crippen LogP contribution in [-0.4, -0.2) is 39.7 Å². The third kappa shape index (κ3) is 7.16. The summed E-state index contributed by atoms with van der Waals surface area (Å²) in [4.78, 5) is 2.29. The highest BCUT2D eigenvalue weighted by Crippen LogP contribution is 2.09. The largest absolute Gasteiger partial charge is 0.309 e. The summed E-state index contributed by atoms with van der Waals surface area (Å²) in [6.07, 6.45) is 2.87. The molecular formula is C10H24AlN. The first-order valence-electron chi connectivity index (χ1n) is 5.35. The molecular weight excluding hydrogens is 161 g/mol. The second-order valence-electron chi connectivity index (χ2n) is 3.98. The highest BCUT2D eigenvalue weighted by Gasteiger charge is 2.10. The standard InChI is InChI=1S/C6H14N.2C2H5.Al/c1-4-5-6-7(2)3;2*1-2;/h1,4-6H2,2-3H3;2*1H2,2H3;. The second kappa shape index (κ2) is 8.11. The quantitative estimate of drug-likeness (QED) is 0.435. The molecule has 12 heavy (non-hydrogen) atoms. The lowest BCUT2D eigenvalue weighted by atomic mass is 10.3. The van der Waals surface area contributed by atoms with Crippen LogP contribution in [0.15, 0.2) is 0 Å². The molecule has 0 radical (unpaired) electrons. The number of nitrogens with zero attached hydrogens (tertiary/aromatic N) is 1. The van der Waals surface area contributed by atoms with Crippen molar-refractivity contribution < 1.29 is 0 Å². The molecule has 0 aliphatic heterocycles. The summed E-state index contributed by atoms with van der Waals surface area (Å²) in [5.74, 6) is 0. The summed E-state index contributed by atoms with van der Waals surface area (Å²) in [6, 6.07) is 0. The maximum Gasteiger partial charge on any atom is 0.261 e. The minimum Gasteiger partial charge on any atom is -0.309 e. The molecule has 0 aromatic rings. The van der Waals surface area contributed by atoms with Crippen LogP contribution in [0.5, 0.6) is 0 Å². The van der Waals surface area contributed by atoms with Gasteiger partial charge in [-0.05, 0) is 27.1 Å². The van der Waals surface area contributed by atoms with Crippen molar-refractivity contribution in [2.45, 2.75) is 42.5 Å². The van der Waals surface area contributed by atoms with E-state index in [1.807, 2.05) is 0 Å². The number of hydrogen-bond acceptors (Lipinski definition) is 1. The SMILES string of the molecule is C[CH2][Al]([CH2]C)[CH2]CCCN(C)C. The average molecular weight is 185 g/mol. The van der Waals surface area contributed by atoms with E-state index in [9.17, 15) is 0 Å². The van der Waals surface area contributed by atoms with E-state index < -0.39 is 0 Å². The van der Waals surface area contributed by atoms with Gasteiger partial charge in [0.15, 0.2) is 0 Å². The fourth-order valence-corrected chi connectivity index (χ4v) is 3.82. The van der Waals surface area contributed by atoms with Crippen LogP contribution >= 0.6 is 0 Å². The summed E-state index contributed by atoms with van der Waals surface area (Å²) in [5.41, 5.74) is 0. The summed E-state index contributed by atoms with van der Waals surface area (Å²) in [6.45, 7) is 6.01. The molecule has 72 valence electrons. The van der Waals surface area contributed by atoms with Crippen molar-refractivity contribution in [1.82, 2.24) is 4.90 Å². The van der Waals surface area contributed by atoms with E-state index >= 15 is 0 Å². The first-order chi connectivity index (χ1) is 5.70.